The normalized spacial score (nSPS) is 15.7. The van der Waals surface area contributed by atoms with Crippen molar-refractivity contribution in [2.45, 2.75) is 25.7 Å². The van der Waals surface area contributed by atoms with Crippen LogP contribution >= 0.6 is 0 Å². The van der Waals surface area contributed by atoms with Crippen molar-refractivity contribution < 1.29 is 27.8 Å². The summed E-state index contributed by atoms with van der Waals surface area (Å²) in [5.74, 6) is 0.362. The Morgan fingerprint density at radius 2 is 1.48 bits per heavy atom. The molecular weight excluding hydrogens is 370 g/mol. The minimum absolute atomic E-state index is 0.346. The van der Waals surface area contributed by atoms with Crippen LogP contribution in [0.2, 0.25) is 0 Å². The van der Waals surface area contributed by atoms with Crippen molar-refractivity contribution in [3.8, 4) is 0 Å². The van der Waals surface area contributed by atoms with Gasteiger partial charge < -0.3 is 10.6 Å². The summed E-state index contributed by atoms with van der Waals surface area (Å²) < 4.78 is 28.4. The third kappa shape index (κ3) is 8.95. The number of nitrogens with one attached hydrogen (secondary N) is 1. The SMILES string of the molecule is CC1=[C]([Ti+2][NH]S(=O)(=O)c2ccc(C)cc2)C(C)C=C1.C[N-]C.C[N-]C. The monoisotopic (exact) mass is 399 g/mol. The Hall–Kier alpha value is -0.756. The second-order valence-corrected chi connectivity index (χ2v) is 9.55. The molecule has 0 heterocycles. The van der Waals surface area contributed by atoms with Crippen LogP contribution in [0.25, 0.3) is 10.6 Å². The molecule has 1 aromatic rings. The van der Waals surface area contributed by atoms with E-state index in [1.54, 1.807) is 40.3 Å². The number of hydrogen-bond acceptors (Lipinski definition) is 2. The molecular formula is C18H29N3O2STi. The van der Waals surface area contributed by atoms with Gasteiger partial charge in [0, 0.05) is 0 Å². The van der Waals surface area contributed by atoms with Gasteiger partial charge in [-0.15, -0.1) is 0 Å². The number of sulfonamides is 1. The Morgan fingerprint density at radius 3 is 1.88 bits per heavy atom. The summed E-state index contributed by atoms with van der Waals surface area (Å²) in [6, 6.07) is 6.94. The van der Waals surface area contributed by atoms with E-state index in [-0.39, 0.29) is 0 Å². The Balaban J connectivity index is 0.000000844. The summed E-state index contributed by atoms with van der Waals surface area (Å²) >= 11 is -0.850. The van der Waals surface area contributed by atoms with Gasteiger partial charge in [-0.3, -0.25) is 0 Å². The largest absolute Gasteiger partial charge is 0.668 e. The number of benzene rings is 1. The molecule has 0 saturated carbocycles. The summed E-state index contributed by atoms with van der Waals surface area (Å²) in [6.07, 6.45) is 4.19. The molecule has 5 nitrogen and oxygen atoms in total. The van der Waals surface area contributed by atoms with E-state index in [1.807, 2.05) is 26.0 Å². The molecule has 0 amide bonds. The van der Waals surface area contributed by atoms with E-state index in [2.05, 4.69) is 32.9 Å². The fraction of sp³-hybridized carbons (Fsp3) is 0.444. The summed E-state index contributed by atoms with van der Waals surface area (Å²) in [5, 5.41) is 7.00. The molecule has 0 spiro atoms. The van der Waals surface area contributed by atoms with Crippen molar-refractivity contribution in [1.82, 2.24) is 3.20 Å². The Kier molecular flexibility index (Phi) is 12.2. The number of allylic oxidation sites excluding steroid dienone is 4. The van der Waals surface area contributed by atoms with E-state index in [0.717, 1.165) is 5.56 Å². The number of nitrogens with zero attached hydrogens (tertiary/aromatic N) is 2. The minimum atomic E-state index is -3.37. The molecule has 2 rings (SSSR count). The predicted octanol–water partition coefficient (Wildman–Crippen LogP) is 3.99. The molecule has 1 aromatic carbocycles. The van der Waals surface area contributed by atoms with Crippen LogP contribution in [-0.4, -0.2) is 36.6 Å². The van der Waals surface area contributed by atoms with Crippen LogP contribution in [0.15, 0.2) is 50.8 Å². The Bertz CT molecular complexity index is 666. The third-order valence-corrected chi connectivity index (χ3v) is 7.91. The van der Waals surface area contributed by atoms with Gasteiger partial charge in [0.2, 0.25) is 0 Å². The van der Waals surface area contributed by atoms with Gasteiger partial charge in [0.25, 0.3) is 0 Å². The molecule has 7 heteroatoms. The van der Waals surface area contributed by atoms with E-state index >= 15 is 0 Å². The molecule has 1 aliphatic rings. The van der Waals surface area contributed by atoms with Crippen LogP contribution < -0.4 is 3.20 Å². The first kappa shape index (κ1) is 24.2. The molecule has 1 atom stereocenters. The topological polar surface area (TPSA) is 74.4 Å². The summed E-state index contributed by atoms with van der Waals surface area (Å²) in [7, 11) is 3.63. The third-order valence-electron chi connectivity index (χ3n) is 3.17. The Labute approximate surface area is 162 Å². The average Bonchev–Trinajstić information content (AvgIpc) is 2.86. The minimum Gasteiger partial charge on any atom is -0.668 e. The first-order chi connectivity index (χ1) is 11.7. The van der Waals surface area contributed by atoms with E-state index in [0.29, 0.717) is 10.8 Å². The van der Waals surface area contributed by atoms with Crippen LogP contribution in [0.5, 0.6) is 0 Å². The van der Waals surface area contributed by atoms with Crippen LogP contribution in [-0.2, 0) is 29.4 Å². The van der Waals surface area contributed by atoms with Crippen molar-refractivity contribution in [2.75, 3.05) is 28.2 Å². The maximum Gasteiger partial charge on any atom is -0.162 e. The average molecular weight is 399 g/mol. The zero-order valence-electron chi connectivity index (χ0n) is 16.2. The van der Waals surface area contributed by atoms with E-state index < -0.39 is 29.4 Å². The Morgan fingerprint density at radius 1 is 1.00 bits per heavy atom. The first-order valence-corrected chi connectivity index (χ1v) is 11.0. The summed E-state index contributed by atoms with van der Waals surface area (Å²) in [6.45, 7) is 6.09. The molecule has 1 unspecified atom stereocenters. The van der Waals surface area contributed by atoms with E-state index in [9.17, 15) is 8.42 Å². The smallest absolute Gasteiger partial charge is 0.162 e. The molecule has 0 fully saturated rings. The van der Waals surface area contributed by atoms with Crippen LogP contribution in [0.1, 0.15) is 19.4 Å². The van der Waals surface area contributed by atoms with E-state index in [4.69, 9.17) is 0 Å². The zero-order valence-corrected chi connectivity index (χ0v) is 18.5. The van der Waals surface area contributed by atoms with Crippen LogP contribution in [0.4, 0.5) is 0 Å². The molecule has 0 aliphatic heterocycles. The van der Waals surface area contributed by atoms with Gasteiger partial charge in [-0.25, -0.2) is 0 Å². The van der Waals surface area contributed by atoms with Crippen molar-refractivity contribution in [3.63, 3.8) is 0 Å². The van der Waals surface area contributed by atoms with Crippen LogP contribution in [0.3, 0.4) is 0 Å². The second-order valence-electron chi connectivity index (χ2n) is 5.68. The molecule has 25 heavy (non-hydrogen) atoms. The van der Waals surface area contributed by atoms with Gasteiger partial charge in [-0.2, -0.15) is 28.2 Å². The van der Waals surface area contributed by atoms with Gasteiger partial charge in [0.05, 0.1) is 0 Å². The van der Waals surface area contributed by atoms with Crippen molar-refractivity contribution >= 4 is 10.0 Å². The molecule has 1 aliphatic carbocycles. The molecule has 1 N–H and O–H groups in total. The zero-order chi connectivity index (χ0) is 19.5. The quantitative estimate of drug-likeness (QED) is 0.778. The van der Waals surface area contributed by atoms with Gasteiger partial charge in [-0.05, 0) is 0 Å². The fourth-order valence-corrected chi connectivity index (χ4v) is 5.44. The summed E-state index contributed by atoms with van der Waals surface area (Å²) in [4.78, 5) is 0.346. The van der Waals surface area contributed by atoms with Crippen molar-refractivity contribution in [1.29, 1.82) is 0 Å². The van der Waals surface area contributed by atoms with Gasteiger partial charge >= 0.3 is 124 Å². The number of rotatable bonds is 4. The fourth-order valence-electron chi connectivity index (χ4n) is 1.94. The molecule has 138 valence electrons. The van der Waals surface area contributed by atoms with Crippen molar-refractivity contribution in [3.05, 3.63) is 62.1 Å². The molecule has 0 aromatic heterocycles. The predicted molar refractivity (Wildman–Crippen MR) is 103 cm³/mol. The van der Waals surface area contributed by atoms with Crippen LogP contribution in [0, 0.1) is 12.8 Å². The first-order valence-electron chi connectivity index (χ1n) is 7.92. The number of hydrogen-bond donors (Lipinski definition) is 1. The van der Waals surface area contributed by atoms with Gasteiger partial charge in [0.1, 0.15) is 0 Å². The van der Waals surface area contributed by atoms with E-state index in [1.165, 1.54) is 9.45 Å². The maximum atomic E-state index is 12.2. The standard InChI is InChI=1S/C7H8NO2S.C7H9.2C2H6N.Ti/c1-6-2-4-7(5-3-6)11(8,9)10;1-6-3-4-7(2)5-6;2*1-3-2;/h2-5H,1H3,(H-,8,9,10);3-4,6H,1-2H3;2*1-2H3;/q-1;;2*-1;+3. The van der Waals surface area contributed by atoms with Gasteiger partial charge in [0.15, 0.2) is 0 Å². The van der Waals surface area contributed by atoms with Gasteiger partial charge in [-0.1, -0.05) is 0 Å². The maximum absolute atomic E-state index is 12.2. The molecule has 0 radical (unpaired) electrons. The second kappa shape index (κ2) is 12.6. The molecule has 0 bridgehead atoms. The molecule has 0 saturated heterocycles. The van der Waals surface area contributed by atoms with Crippen molar-refractivity contribution in [2.24, 2.45) is 5.92 Å². The number of aryl methyl sites for hydroxylation is 1. The summed E-state index contributed by atoms with van der Waals surface area (Å²) in [5.41, 5.74) is 2.27.